The zero-order valence-corrected chi connectivity index (χ0v) is 21.0. The van der Waals surface area contributed by atoms with Crippen LogP contribution in [0.3, 0.4) is 0 Å². The summed E-state index contributed by atoms with van der Waals surface area (Å²) >= 11 is 0. The van der Waals surface area contributed by atoms with E-state index in [1.165, 1.54) is 14.2 Å². The van der Waals surface area contributed by atoms with Crippen molar-refractivity contribution in [3.8, 4) is 0 Å². The molecule has 38 heavy (non-hydrogen) atoms. The Labute approximate surface area is 220 Å². The van der Waals surface area contributed by atoms with Gasteiger partial charge in [-0.05, 0) is 35.7 Å². The molecule has 1 aromatic heterocycles. The van der Waals surface area contributed by atoms with Crippen LogP contribution in [0.25, 0.3) is 0 Å². The van der Waals surface area contributed by atoms with Crippen LogP contribution in [-0.4, -0.2) is 36.9 Å². The first kappa shape index (κ1) is 25.0. The molecule has 0 spiro atoms. The second-order valence-electron chi connectivity index (χ2n) is 9.13. The number of hydrogen-bond donors (Lipinski definition) is 1. The molecule has 8 nitrogen and oxygen atoms in total. The van der Waals surface area contributed by atoms with E-state index in [4.69, 9.17) is 15.2 Å². The molecule has 2 aliphatic rings. The van der Waals surface area contributed by atoms with Crippen LogP contribution in [0.1, 0.15) is 29.4 Å². The number of esters is 2. The number of aromatic nitrogens is 1. The van der Waals surface area contributed by atoms with Crippen molar-refractivity contribution in [3.63, 3.8) is 0 Å². The summed E-state index contributed by atoms with van der Waals surface area (Å²) in [6.07, 6.45) is 3.51. The Morgan fingerprint density at radius 2 is 1.58 bits per heavy atom. The highest BCUT2D eigenvalue weighted by Crippen LogP contribution is 2.51. The average Bonchev–Trinajstić information content (AvgIpc) is 2.97. The molecule has 1 aliphatic carbocycles. The van der Waals surface area contributed by atoms with Crippen molar-refractivity contribution in [2.45, 2.75) is 18.3 Å². The minimum Gasteiger partial charge on any atom is -0.468 e. The van der Waals surface area contributed by atoms with Crippen molar-refractivity contribution in [3.05, 3.63) is 119 Å². The van der Waals surface area contributed by atoms with Crippen LogP contribution in [0.5, 0.6) is 0 Å². The fourth-order valence-corrected chi connectivity index (χ4v) is 5.50. The Morgan fingerprint density at radius 3 is 2.18 bits per heavy atom. The van der Waals surface area contributed by atoms with E-state index in [1.807, 2.05) is 60.7 Å². The number of rotatable bonds is 5. The Hall–Kier alpha value is -4.72. The lowest BCUT2D eigenvalue weighted by atomic mass is 9.67. The van der Waals surface area contributed by atoms with Gasteiger partial charge in [-0.1, -0.05) is 54.6 Å². The third-order valence-corrected chi connectivity index (χ3v) is 7.16. The van der Waals surface area contributed by atoms with Gasteiger partial charge in [0.1, 0.15) is 11.7 Å². The van der Waals surface area contributed by atoms with E-state index in [-0.39, 0.29) is 11.4 Å². The number of ether oxygens (including phenoxy) is 2. The Bertz CT molecular complexity index is 1430. The predicted molar refractivity (Wildman–Crippen MR) is 140 cm³/mol. The number of hydrogen-bond acceptors (Lipinski definition) is 8. The highest BCUT2D eigenvalue weighted by Gasteiger charge is 2.51. The number of methoxy groups -OCH3 is 2. The molecular formula is C30H27N3O5. The maximum atomic E-state index is 14.4. The summed E-state index contributed by atoms with van der Waals surface area (Å²) in [5.74, 6) is -4.03. The maximum absolute atomic E-state index is 14.4. The van der Waals surface area contributed by atoms with Gasteiger partial charge in [0.15, 0.2) is 5.78 Å². The van der Waals surface area contributed by atoms with E-state index in [0.717, 1.165) is 5.56 Å². The van der Waals surface area contributed by atoms with Crippen molar-refractivity contribution in [1.82, 2.24) is 4.98 Å². The molecule has 3 atom stereocenters. The average molecular weight is 510 g/mol. The first-order valence-corrected chi connectivity index (χ1v) is 12.2. The van der Waals surface area contributed by atoms with Crippen LogP contribution < -0.4 is 10.6 Å². The summed E-state index contributed by atoms with van der Waals surface area (Å²) in [5.41, 5.74) is 9.90. The number of anilines is 1. The molecule has 3 aromatic rings. The smallest absolute Gasteiger partial charge is 0.338 e. The van der Waals surface area contributed by atoms with Crippen LogP contribution in [0.4, 0.5) is 5.69 Å². The van der Waals surface area contributed by atoms with Gasteiger partial charge in [-0.25, -0.2) is 4.79 Å². The lowest BCUT2D eigenvalue weighted by Gasteiger charge is -2.44. The molecule has 0 bridgehead atoms. The van der Waals surface area contributed by atoms with Gasteiger partial charge >= 0.3 is 11.9 Å². The van der Waals surface area contributed by atoms with Crippen molar-refractivity contribution >= 4 is 23.4 Å². The third kappa shape index (κ3) is 4.14. The van der Waals surface area contributed by atoms with Crippen molar-refractivity contribution in [2.75, 3.05) is 19.1 Å². The fourth-order valence-electron chi connectivity index (χ4n) is 5.50. The maximum Gasteiger partial charge on any atom is 0.338 e. The van der Waals surface area contributed by atoms with Gasteiger partial charge in [-0.15, -0.1) is 0 Å². The van der Waals surface area contributed by atoms with Gasteiger partial charge in [0.25, 0.3) is 0 Å². The number of carbonyl (C=O) groups excluding carboxylic acids is 3. The molecule has 0 saturated carbocycles. The van der Waals surface area contributed by atoms with Gasteiger partial charge in [0.05, 0.1) is 25.7 Å². The molecule has 192 valence electrons. The molecule has 0 amide bonds. The van der Waals surface area contributed by atoms with E-state index in [9.17, 15) is 14.4 Å². The lowest BCUT2D eigenvalue weighted by molar-refractivity contribution is -0.150. The topological polar surface area (TPSA) is 112 Å². The lowest BCUT2D eigenvalue weighted by Crippen LogP contribution is -2.46. The Kier molecular flexibility index (Phi) is 6.79. The van der Waals surface area contributed by atoms with E-state index in [2.05, 4.69) is 4.98 Å². The number of carbonyl (C=O) groups is 3. The van der Waals surface area contributed by atoms with Crippen LogP contribution in [0, 0.1) is 5.92 Å². The quantitative estimate of drug-likeness (QED) is 0.408. The van der Waals surface area contributed by atoms with Gasteiger partial charge < -0.3 is 15.2 Å². The summed E-state index contributed by atoms with van der Waals surface area (Å²) in [4.78, 5) is 46.8. The minimum absolute atomic E-state index is 0.109. The normalized spacial score (nSPS) is 21.2. The van der Waals surface area contributed by atoms with Crippen LogP contribution in [0.2, 0.25) is 0 Å². The monoisotopic (exact) mass is 509 g/mol. The van der Waals surface area contributed by atoms with E-state index in [0.29, 0.717) is 28.9 Å². The van der Waals surface area contributed by atoms with E-state index >= 15 is 0 Å². The zero-order valence-electron chi connectivity index (χ0n) is 21.0. The van der Waals surface area contributed by atoms with Gasteiger partial charge in [0, 0.05) is 35.3 Å². The first-order valence-electron chi connectivity index (χ1n) is 12.2. The number of nitrogens with zero attached hydrogens (tertiary/aromatic N) is 2. The highest BCUT2D eigenvalue weighted by atomic mass is 16.5. The zero-order chi connectivity index (χ0) is 26.8. The SMILES string of the molecule is COC(=O)C1=C(N)N(c2ccccc2)C2=C(C(=O)[C@H](C(=O)OC)[C@H](c3ccccc3)C2)[C@H]1c1cccnc1. The molecule has 2 aromatic carbocycles. The largest absolute Gasteiger partial charge is 0.468 e. The summed E-state index contributed by atoms with van der Waals surface area (Å²) in [6, 6.07) is 22.2. The number of pyridine rings is 1. The number of benzene rings is 2. The fraction of sp³-hybridized carbons (Fsp3) is 0.200. The van der Waals surface area contributed by atoms with Crippen molar-refractivity contribution in [1.29, 1.82) is 0 Å². The second-order valence-corrected chi connectivity index (χ2v) is 9.13. The van der Waals surface area contributed by atoms with Crippen LogP contribution >= 0.6 is 0 Å². The predicted octanol–water partition coefficient (Wildman–Crippen LogP) is 3.83. The molecule has 0 unspecified atom stereocenters. The van der Waals surface area contributed by atoms with Crippen molar-refractivity contribution in [2.24, 2.45) is 11.7 Å². The molecule has 2 N–H and O–H groups in total. The van der Waals surface area contributed by atoms with Gasteiger partial charge in [-0.2, -0.15) is 0 Å². The number of nitrogens with two attached hydrogens (primary N) is 1. The molecule has 0 radical (unpaired) electrons. The first-order chi connectivity index (χ1) is 18.5. The third-order valence-electron chi connectivity index (χ3n) is 7.16. The number of Topliss-reactive ketones (excluding diaryl/α,β-unsaturated/α-hetero) is 1. The molecule has 0 fully saturated rings. The Balaban J connectivity index is 1.82. The van der Waals surface area contributed by atoms with Gasteiger partial charge in [-0.3, -0.25) is 19.5 Å². The molecule has 1 aliphatic heterocycles. The second kappa shape index (κ2) is 10.3. The molecule has 8 heteroatoms. The highest BCUT2D eigenvalue weighted by molar-refractivity contribution is 6.14. The van der Waals surface area contributed by atoms with Crippen molar-refractivity contribution < 1.29 is 23.9 Å². The van der Waals surface area contributed by atoms with Crippen LogP contribution in [-0.2, 0) is 23.9 Å². The van der Waals surface area contributed by atoms with E-state index < -0.39 is 35.5 Å². The summed E-state index contributed by atoms with van der Waals surface area (Å²) < 4.78 is 10.3. The summed E-state index contributed by atoms with van der Waals surface area (Å²) in [7, 11) is 2.54. The summed E-state index contributed by atoms with van der Waals surface area (Å²) in [6.45, 7) is 0. The number of para-hydroxylation sites is 1. The number of allylic oxidation sites excluding steroid dienone is 2. The summed E-state index contributed by atoms with van der Waals surface area (Å²) in [5, 5.41) is 0. The van der Waals surface area contributed by atoms with Crippen LogP contribution in [0.15, 0.2) is 108 Å². The minimum atomic E-state index is -1.10. The standard InChI is InChI=1S/C30H27N3O5/c1-37-29(35)24-21(18-10-5-3-6-11-18)16-22-25(27(24)34)23(19-12-9-15-32-17-19)26(30(36)38-2)28(31)33(22)20-13-7-4-8-14-20/h3-15,17,21,23-24H,16,31H2,1-2H3/t21-,23+,24+/m0/s1. The number of ketones is 1. The van der Waals surface area contributed by atoms with E-state index in [1.54, 1.807) is 29.4 Å². The molecule has 2 heterocycles. The van der Waals surface area contributed by atoms with Gasteiger partial charge in [0.2, 0.25) is 0 Å². The molecule has 0 saturated heterocycles. The molecular weight excluding hydrogens is 482 g/mol. The molecule has 5 rings (SSSR count). The Morgan fingerprint density at radius 1 is 0.921 bits per heavy atom.